The first-order chi connectivity index (χ1) is 10.1. The minimum absolute atomic E-state index is 0.0575. The fraction of sp³-hybridized carbons (Fsp3) is 0.0625. The third-order valence-corrected chi connectivity index (χ3v) is 3.15. The minimum atomic E-state index is -0.169. The van der Waals surface area contributed by atoms with Gasteiger partial charge in [0.05, 0.1) is 12.7 Å². The van der Waals surface area contributed by atoms with Crippen LogP contribution in [0.4, 0.5) is 0 Å². The second kappa shape index (κ2) is 4.86. The Kier molecular flexibility index (Phi) is 3.02. The molecule has 0 atom stereocenters. The van der Waals surface area contributed by atoms with E-state index in [1.54, 1.807) is 12.1 Å². The summed E-state index contributed by atoms with van der Waals surface area (Å²) in [5, 5.41) is 19.3. The summed E-state index contributed by atoms with van der Waals surface area (Å²) in [5.74, 6) is 0.897. The third-order valence-electron chi connectivity index (χ3n) is 3.15. The Morgan fingerprint density at radius 1 is 1.05 bits per heavy atom. The molecule has 1 aromatic carbocycles. The van der Waals surface area contributed by atoms with Crippen LogP contribution in [0.3, 0.4) is 0 Å². The van der Waals surface area contributed by atoms with Gasteiger partial charge in [0, 0.05) is 17.7 Å². The van der Waals surface area contributed by atoms with Gasteiger partial charge in [-0.25, -0.2) is 0 Å². The van der Waals surface area contributed by atoms with E-state index >= 15 is 0 Å². The predicted octanol–water partition coefficient (Wildman–Crippen LogP) is 2.83. The van der Waals surface area contributed by atoms with Crippen molar-refractivity contribution in [2.75, 3.05) is 7.11 Å². The van der Waals surface area contributed by atoms with E-state index in [4.69, 9.17) is 9.15 Å². The van der Waals surface area contributed by atoms with Gasteiger partial charge in [-0.05, 0) is 30.3 Å². The van der Waals surface area contributed by atoms with E-state index in [0.717, 1.165) is 0 Å². The summed E-state index contributed by atoms with van der Waals surface area (Å²) in [7, 11) is 1.49. The van der Waals surface area contributed by atoms with Crippen LogP contribution >= 0.6 is 0 Å². The molecule has 1 aliphatic carbocycles. The van der Waals surface area contributed by atoms with E-state index in [0.29, 0.717) is 22.6 Å². The van der Waals surface area contributed by atoms with Crippen molar-refractivity contribution in [1.29, 1.82) is 0 Å². The smallest absolute Gasteiger partial charge is 0.182 e. The summed E-state index contributed by atoms with van der Waals surface area (Å²) in [6.07, 6.45) is 0. The van der Waals surface area contributed by atoms with Gasteiger partial charge in [-0.1, -0.05) is 0 Å². The van der Waals surface area contributed by atoms with Crippen LogP contribution < -0.4 is 10.2 Å². The molecule has 0 bridgehead atoms. The van der Waals surface area contributed by atoms with Crippen LogP contribution in [0, 0.1) is 0 Å². The molecule has 2 N–H and O–H groups in total. The van der Waals surface area contributed by atoms with E-state index in [1.807, 2.05) is 0 Å². The van der Waals surface area contributed by atoms with E-state index in [1.165, 1.54) is 37.4 Å². The average molecular weight is 284 g/mol. The van der Waals surface area contributed by atoms with Gasteiger partial charge in [0.25, 0.3) is 0 Å². The number of rotatable bonds is 2. The lowest BCUT2D eigenvalue weighted by atomic mass is 10.1. The average Bonchev–Trinajstić information content (AvgIpc) is 2.46. The van der Waals surface area contributed by atoms with Crippen molar-refractivity contribution in [3.05, 3.63) is 52.7 Å². The van der Waals surface area contributed by atoms with Crippen molar-refractivity contribution in [3.8, 4) is 39.9 Å². The van der Waals surface area contributed by atoms with E-state index < -0.39 is 0 Å². The lowest BCUT2D eigenvalue weighted by Gasteiger charge is -2.13. The monoisotopic (exact) mass is 284 g/mol. The van der Waals surface area contributed by atoms with Gasteiger partial charge in [-0.2, -0.15) is 0 Å². The molecule has 0 spiro atoms. The van der Waals surface area contributed by atoms with Crippen LogP contribution in [0.5, 0.6) is 17.2 Å². The lowest BCUT2D eigenvalue weighted by molar-refractivity contribution is 0.396. The Hall–Kier alpha value is -2.95. The largest absolute Gasteiger partial charge is 0.508 e. The van der Waals surface area contributed by atoms with Crippen molar-refractivity contribution >= 4 is 0 Å². The number of methoxy groups -OCH3 is 1. The summed E-state index contributed by atoms with van der Waals surface area (Å²) in [5.41, 5.74) is 0.911. The van der Waals surface area contributed by atoms with Crippen LogP contribution in [0.25, 0.3) is 22.6 Å². The molecule has 5 nitrogen and oxygen atoms in total. The van der Waals surface area contributed by atoms with Gasteiger partial charge in [0.15, 0.2) is 16.9 Å². The van der Waals surface area contributed by atoms with Crippen molar-refractivity contribution in [2.45, 2.75) is 0 Å². The summed E-state index contributed by atoms with van der Waals surface area (Å²) in [4.78, 5) is 11.4. The van der Waals surface area contributed by atoms with Crippen LogP contribution in [0.2, 0.25) is 0 Å². The number of benzene rings is 2. The third kappa shape index (κ3) is 2.29. The molecule has 106 valence electrons. The number of phenolic OH excluding ortho intramolecular Hbond substituents is 2. The molecular weight excluding hydrogens is 272 g/mol. The quantitative estimate of drug-likeness (QED) is 0.756. The van der Waals surface area contributed by atoms with Crippen molar-refractivity contribution < 1.29 is 19.4 Å². The Morgan fingerprint density at radius 3 is 2.57 bits per heavy atom. The zero-order chi connectivity index (χ0) is 15.0. The maximum Gasteiger partial charge on any atom is 0.182 e. The van der Waals surface area contributed by atoms with Gasteiger partial charge in [-0.3, -0.25) is 4.79 Å². The summed E-state index contributed by atoms with van der Waals surface area (Å²) < 4.78 is 11.0. The highest BCUT2D eigenvalue weighted by molar-refractivity contribution is 5.75. The Balaban J connectivity index is 2.30. The highest BCUT2D eigenvalue weighted by Crippen LogP contribution is 2.41. The topological polar surface area (TPSA) is 79.9 Å². The van der Waals surface area contributed by atoms with Crippen LogP contribution in [0.1, 0.15) is 0 Å². The first-order valence-corrected chi connectivity index (χ1v) is 6.23. The molecule has 1 aromatic rings. The highest BCUT2D eigenvalue weighted by atomic mass is 16.5. The molecule has 2 aliphatic rings. The summed E-state index contributed by atoms with van der Waals surface area (Å²) in [6.45, 7) is 0. The van der Waals surface area contributed by atoms with Gasteiger partial charge >= 0.3 is 0 Å². The highest BCUT2D eigenvalue weighted by Gasteiger charge is 2.17. The molecular formula is C16H12O5. The van der Waals surface area contributed by atoms with Gasteiger partial charge in [0.1, 0.15) is 17.3 Å². The molecule has 1 aliphatic heterocycles. The zero-order valence-corrected chi connectivity index (χ0v) is 11.2. The zero-order valence-electron chi connectivity index (χ0n) is 11.2. The summed E-state index contributed by atoms with van der Waals surface area (Å²) in [6, 6.07) is 10.3. The molecule has 1 heterocycles. The molecule has 0 unspecified atom stereocenters. The van der Waals surface area contributed by atoms with Crippen LogP contribution in [-0.2, 0) is 0 Å². The van der Waals surface area contributed by atoms with Crippen molar-refractivity contribution in [1.82, 2.24) is 0 Å². The predicted molar refractivity (Wildman–Crippen MR) is 76.9 cm³/mol. The second-order valence-corrected chi connectivity index (χ2v) is 4.54. The molecule has 5 heteroatoms. The Morgan fingerprint density at radius 2 is 1.86 bits per heavy atom. The molecule has 0 aromatic heterocycles. The SMILES string of the molecule is COc1cc2ccc(=O)cc-2oc1-c1ccc(O)cc1O. The maximum atomic E-state index is 11.4. The second-order valence-electron chi connectivity index (χ2n) is 4.54. The normalized spacial score (nSPS) is 10.7. The van der Waals surface area contributed by atoms with Crippen LogP contribution in [0.15, 0.2) is 51.7 Å². The standard InChI is InChI=1S/C16H12O5/c1-20-15-6-9-2-3-11(18)8-14(9)21-16(15)12-5-4-10(17)7-13(12)19/h2-8,17,19H,1H3. The fourth-order valence-corrected chi connectivity index (χ4v) is 2.14. The van der Waals surface area contributed by atoms with E-state index in [-0.39, 0.29) is 22.7 Å². The Labute approximate surface area is 120 Å². The number of aromatic hydroxyl groups is 2. The first-order valence-electron chi connectivity index (χ1n) is 6.23. The van der Waals surface area contributed by atoms with Crippen molar-refractivity contribution in [2.24, 2.45) is 0 Å². The number of fused-ring (bicyclic) bond motifs is 1. The maximum absolute atomic E-state index is 11.4. The fourth-order valence-electron chi connectivity index (χ4n) is 2.14. The molecule has 0 fully saturated rings. The number of hydrogen-bond acceptors (Lipinski definition) is 5. The van der Waals surface area contributed by atoms with Crippen molar-refractivity contribution in [3.63, 3.8) is 0 Å². The molecule has 0 amide bonds. The lowest BCUT2D eigenvalue weighted by Crippen LogP contribution is -1.99. The molecule has 21 heavy (non-hydrogen) atoms. The summed E-state index contributed by atoms with van der Waals surface area (Å²) >= 11 is 0. The molecule has 3 rings (SSSR count). The van der Waals surface area contributed by atoms with Crippen LogP contribution in [-0.4, -0.2) is 17.3 Å². The number of hydrogen-bond donors (Lipinski definition) is 2. The van der Waals surface area contributed by atoms with Gasteiger partial charge in [0.2, 0.25) is 0 Å². The molecule has 0 saturated carbocycles. The van der Waals surface area contributed by atoms with E-state index in [9.17, 15) is 15.0 Å². The minimum Gasteiger partial charge on any atom is -0.508 e. The van der Waals surface area contributed by atoms with Gasteiger partial charge in [-0.15, -0.1) is 0 Å². The number of phenols is 2. The van der Waals surface area contributed by atoms with E-state index in [2.05, 4.69) is 0 Å². The molecule has 0 radical (unpaired) electrons. The number of ether oxygens (including phenoxy) is 1. The Bertz CT molecular complexity index is 834. The molecule has 0 saturated heterocycles. The van der Waals surface area contributed by atoms with Gasteiger partial charge < -0.3 is 19.4 Å². The first kappa shape index (κ1) is 13.1.